The molecule has 0 saturated carbocycles. The zero-order valence-corrected chi connectivity index (χ0v) is 8.97. The molecule has 0 aliphatic carbocycles. The van der Waals surface area contributed by atoms with Gasteiger partial charge in [0.25, 0.3) is 0 Å². The van der Waals surface area contributed by atoms with Crippen molar-refractivity contribution in [2.24, 2.45) is 5.50 Å². The Kier molecular flexibility index (Phi) is 2.79. The van der Waals surface area contributed by atoms with Gasteiger partial charge >= 0.3 is 7.52 Å². The minimum atomic E-state index is -2.93. The van der Waals surface area contributed by atoms with Crippen molar-refractivity contribution in [1.29, 1.82) is 0 Å². The fourth-order valence-electron chi connectivity index (χ4n) is 1.19. The maximum atomic E-state index is 11.2. The third-order valence-corrected chi connectivity index (χ3v) is 2.06. The molecule has 1 aromatic carbocycles. The van der Waals surface area contributed by atoms with Crippen LogP contribution in [0.5, 0.6) is 5.75 Å². The van der Waals surface area contributed by atoms with E-state index in [2.05, 4.69) is 0 Å². The van der Waals surface area contributed by atoms with E-state index in [1.165, 1.54) is 6.66 Å². The first-order valence-electron chi connectivity index (χ1n) is 4.01. The predicted molar refractivity (Wildman–Crippen MR) is 54.3 cm³/mol. The van der Waals surface area contributed by atoms with Gasteiger partial charge in [-0.15, -0.1) is 0 Å². The molecule has 1 atom stereocenters. The summed E-state index contributed by atoms with van der Waals surface area (Å²) in [6, 6.07) is 5.65. The Hall–Kier alpha value is -0.790. The lowest BCUT2D eigenvalue weighted by atomic mass is 10.1. The molecular weight excluding hydrogens is 185 g/mol. The number of hydrogen-bond acceptors (Lipinski definition) is 2. The highest BCUT2D eigenvalue weighted by Crippen LogP contribution is 2.34. The highest BCUT2D eigenvalue weighted by Gasteiger charge is 2.09. The summed E-state index contributed by atoms with van der Waals surface area (Å²) in [4.78, 5) is 0. The van der Waals surface area contributed by atoms with Crippen molar-refractivity contribution in [1.82, 2.24) is 0 Å². The van der Waals surface area contributed by atoms with Crippen molar-refractivity contribution in [2.75, 3.05) is 6.66 Å². The summed E-state index contributed by atoms with van der Waals surface area (Å²) >= 11 is 0. The molecule has 2 N–H and O–H groups in total. The Labute approximate surface area is 78.4 Å². The number of nitrogens with two attached hydrogens (primary N) is 1. The van der Waals surface area contributed by atoms with E-state index in [1.54, 1.807) is 0 Å². The van der Waals surface area contributed by atoms with Gasteiger partial charge in [-0.1, -0.05) is 6.07 Å². The highest BCUT2D eigenvalue weighted by molar-refractivity contribution is 7.56. The molecule has 0 saturated heterocycles. The molecule has 0 bridgehead atoms. The van der Waals surface area contributed by atoms with Crippen molar-refractivity contribution in [3.05, 3.63) is 29.3 Å². The van der Waals surface area contributed by atoms with Gasteiger partial charge in [-0.2, -0.15) is 0 Å². The van der Waals surface area contributed by atoms with E-state index in [0.717, 1.165) is 11.1 Å². The third-order valence-electron chi connectivity index (χ3n) is 1.48. The lowest BCUT2D eigenvalue weighted by Crippen LogP contribution is -2.00. The molecule has 0 fully saturated rings. The molecule has 0 spiro atoms. The molecule has 72 valence electrons. The second-order valence-corrected chi connectivity index (χ2v) is 5.32. The summed E-state index contributed by atoms with van der Waals surface area (Å²) in [6.07, 6.45) is 0. The minimum Gasteiger partial charge on any atom is -0.433 e. The van der Waals surface area contributed by atoms with Crippen molar-refractivity contribution in [3.63, 3.8) is 0 Å². The molecule has 0 aliphatic heterocycles. The van der Waals surface area contributed by atoms with Crippen LogP contribution in [0.15, 0.2) is 18.2 Å². The van der Waals surface area contributed by atoms with Crippen LogP contribution in [-0.4, -0.2) is 6.66 Å². The lowest BCUT2D eigenvalue weighted by molar-refractivity contribution is 0.489. The summed E-state index contributed by atoms with van der Waals surface area (Å²) in [5, 5.41) is 0. The van der Waals surface area contributed by atoms with Gasteiger partial charge in [0.15, 0.2) is 0 Å². The molecule has 4 heteroatoms. The fourth-order valence-corrected chi connectivity index (χ4v) is 1.72. The fraction of sp³-hybridized carbons (Fsp3) is 0.333. The van der Waals surface area contributed by atoms with E-state index in [1.807, 2.05) is 32.0 Å². The van der Waals surface area contributed by atoms with Gasteiger partial charge in [-0.3, -0.25) is 4.57 Å². The minimum absolute atomic E-state index is 0.575. The van der Waals surface area contributed by atoms with Crippen molar-refractivity contribution < 1.29 is 9.09 Å². The lowest BCUT2D eigenvalue weighted by Gasteiger charge is -2.10. The Morgan fingerprint density at radius 2 is 1.69 bits per heavy atom. The first-order valence-corrected chi connectivity index (χ1v) is 6.15. The van der Waals surface area contributed by atoms with Gasteiger partial charge in [-0.05, 0) is 37.1 Å². The van der Waals surface area contributed by atoms with Gasteiger partial charge in [-0.25, -0.2) is 5.50 Å². The van der Waals surface area contributed by atoms with Crippen LogP contribution in [0.1, 0.15) is 11.1 Å². The standard InChI is InChI=1S/C9H14NO2P/c1-7-4-8(2)6-9(5-7)12-13(3,10)11/h4-6H,1-3H3,(H2,10,11)/t13-/m0/s1. The van der Waals surface area contributed by atoms with Crippen LogP contribution >= 0.6 is 7.52 Å². The van der Waals surface area contributed by atoms with Crippen molar-refractivity contribution in [2.45, 2.75) is 13.8 Å². The van der Waals surface area contributed by atoms with E-state index in [4.69, 9.17) is 10.0 Å². The maximum absolute atomic E-state index is 11.2. The molecule has 13 heavy (non-hydrogen) atoms. The average molecular weight is 199 g/mol. The molecule has 0 radical (unpaired) electrons. The summed E-state index contributed by atoms with van der Waals surface area (Å²) in [5.41, 5.74) is 7.45. The van der Waals surface area contributed by atoms with Crippen LogP contribution in [-0.2, 0) is 4.57 Å². The van der Waals surface area contributed by atoms with E-state index in [-0.39, 0.29) is 0 Å². The monoisotopic (exact) mass is 199 g/mol. The van der Waals surface area contributed by atoms with E-state index in [9.17, 15) is 4.57 Å². The highest BCUT2D eigenvalue weighted by atomic mass is 31.2. The van der Waals surface area contributed by atoms with Gasteiger partial charge < -0.3 is 4.52 Å². The molecule has 3 nitrogen and oxygen atoms in total. The van der Waals surface area contributed by atoms with Gasteiger partial charge in [0.1, 0.15) is 5.75 Å². The molecule has 0 unspecified atom stereocenters. The molecule has 0 aromatic heterocycles. The number of hydrogen-bond donors (Lipinski definition) is 1. The van der Waals surface area contributed by atoms with E-state index < -0.39 is 7.52 Å². The summed E-state index contributed by atoms with van der Waals surface area (Å²) in [7, 11) is -2.93. The van der Waals surface area contributed by atoms with Crippen LogP contribution in [0.3, 0.4) is 0 Å². The molecule has 0 heterocycles. The SMILES string of the molecule is Cc1cc(C)cc(O[P@@](C)(N)=O)c1. The zero-order valence-electron chi connectivity index (χ0n) is 8.07. The Balaban J connectivity index is 2.96. The molecule has 0 amide bonds. The second kappa shape index (κ2) is 3.52. The van der Waals surface area contributed by atoms with Gasteiger partial charge in [0.2, 0.25) is 0 Å². The van der Waals surface area contributed by atoms with E-state index in [0.29, 0.717) is 5.75 Å². The first-order chi connectivity index (χ1) is 5.87. The normalized spacial score (nSPS) is 15.1. The van der Waals surface area contributed by atoms with Gasteiger partial charge in [0, 0.05) is 6.66 Å². The Morgan fingerprint density at radius 3 is 2.08 bits per heavy atom. The van der Waals surface area contributed by atoms with Gasteiger partial charge in [0.05, 0.1) is 0 Å². The summed E-state index contributed by atoms with van der Waals surface area (Å²) in [6.45, 7) is 5.30. The topological polar surface area (TPSA) is 52.3 Å². The van der Waals surface area contributed by atoms with Crippen molar-refractivity contribution >= 4 is 7.52 Å². The van der Waals surface area contributed by atoms with Crippen LogP contribution in [0, 0.1) is 13.8 Å². The largest absolute Gasteiger partial charge is 0.433 e. The van der Waals surface area contributed by atoms with Crippen LogP contribution < -0.4 is 10.0 Å². The Bertz CT molecular complexity index is 336. The smallest absolute Gasteiger partial charge is 0.310 e. The first kappa shape index (κ1) is 10.3. The molecular formula is C9H14NO2P. The van der Waals surface area contributed by atoms with E-state index >= 15 is 0 Å². The van der Waals surface area contributed by atoms with Crippen LogP contribution in [0.2, 0.25) is 0 Å². The molecule has 1 aromatic rings. The average Bonchev–Trinajstić information content (AvgIpc) is 1.78. The molecule has 1 rings (SSSR count). The maximum Gasteiger partial charge on any atom is 0.310 e. The number of benzene rings is 1. The van der Waals surface area contributed by atoms with Crippen molar-refractivity contribution in [3.8, 4) is 5.75 Å². The van der Waals surface area contributed by atoms with Crippen LogP contribution in [0.4, 0.5) is 0 Å². The second-order valence-electron chi connectivity index (χ2n) is 3.32. The summed E-state index contributed by atoms with van der Waals surface area (Å²) < 4.78 is 16.3. The number of rotatable bonds is 2. The zero-order chi connectivity index (χ0) is 10.1. The third kappa shape index (κ3) is 3.62. The number of aryl methyl sites for hydroxylation is 2. The summed E-state index contributed by atoms with van der Waals surface area (Å²) in [5.74, 6) is 0.575. The molecule has 0 aliphatic rings. The quantitative estimate of drug-likeness (QED) is 0.744. The van der Waals surface area contributed by atoms with Crippen LogP contribution in [0.25, 0.3) is 0 Å². The predicted octanol–water partition coefficient (Wildman–Crippen LogP) is 2.46. The Morgan fingerprint density at radius 1 is 1.23 bits per heavy atom.